The highest BCUT2D eigenvalue weighted by Gasteiger charge is 2.15. The molecule has 80 valence electrons. The van der Waals surface area contributed by atoms with E-state index in [1.165, 1.54) is 23.3 Å². The molecule has 0 aliphatic carbocycles. The minimum Gasteiger partial charge on any atom is -0.307 e. The maximum atomic E-state index is 3.61. The molecule has 1 heterocycles. The molecular formula is C12H21NS. The second-order valence-electron chi connectivity index (χ2n) is 4.51. The number of aryl methyl sites for hydroxylation is 1. The van der Waals surface area contributed by atoms with Gasteiger partial charge in [0.15, 0.2) is 0 Å². The van der Waals surface area contributed by atoms with Crippen molar-refractivity contribution in [1.82, 2.24) is 5.32 Å². The predicted molar refractivity (Wildman–Crippen MR) is 64.9 cm³/mol. The van der Waals surface area contributed by atoms with Crippen LogP contribution < -0.4 is 5.32 Å². The number of hydrogen-bond acceptors (Lipinski definition) is 2. The van der Waals surface area contributed by atoms with Crippen molar-refractivity contribution in [3.63, 3.8) is 0 Å². The van der Waals surface area contributed by atoms with Crippen LogP contribution in [0.1, 0.15) is 44.1 Å². The van der Waals surface area contributed by atoms with E-state index in [2.05, 4.69) is 44.5 Å². The van der Waals surface area contributed by atoms with Crippen LogP contribution >= 0.6 is 11.3 Å². The van der Waals surface area contributed by atoms with Crippen molar-refractivity contribution in [3.8, 4) is 0 Å². The van der Waals surface area contributed by atoms with Crippen LogP contribution in [-0.4, -0.2) is 5.54 Å². The summed E-state index contributed by atoms with van der Waals surface area (Å²) >= 11 is 1.85. The Bertz CT molecular complexity index is 276. The van der Waals surface area contributed by atoms with Crippen molar-refractivity contribution < 1.29 is 0 Å². The van der Waals surface area contributed by atoms with Crippen LogP contribution in [0.4, 0.5) is 0 Å². The Balaban J connectivity index is 2.44. The summed E-state index contributed by atoms with van der Waals surface area (Å²) in [6.07, 6.45) is 2.47. The van der Waals surface area contributed by atoms with Gasteiger partial charge >= 0.3 is 0 Å². The molecule has 0 aliphatic rings. The maximum absolute atomic E-state index is 3.61. The summed E-state index contributed by atoms with van der Waals surface area (Å²) in [4.78, 5) is 1.47. The monoisotopic (exact) mass is 211 g/mol. The van der Waals surface area contributed by atoms with Crippen LogP contribution in [0.25, 0.3) is 0 Å². The lowest BCUT2D eigenvalue weighted by Gasteiger charge is -2.25. The number of rotatable bonds is 5. The lowest BCUT2D eigenvalue weighted by molar-refractivity contribution is 0.358. The number of thiophene rings is 1. The van der Waals surface area contributed by atoms with E-state index in [9.17, 15) is 0 Å². The van der Waals surface area contributed by atoms with E-state index < -0.39 is 0 Å². The van der Waals surface area contributed by atoms with Gasteiger partial charge < -0.3 is 5.32 Å². The van der Waals surface area contributed by atoms with Crippen LogP contribution in [0.5, 0.6) is 0 Å². The fourth-order valence-electron chi connectivity index (χ4n) is 1.62. The van der Waals surface area contributed by atoms with E-state index >= 15 is 0 Å². The molecule has 0 amide bonds. The van der Waals surface area contributed by atoms with Crippen LogP contribution in [-0.2, 0) is 6.54 Å². The molecule has 1 N–H and O–H groups in total. The van der Waals surface area contributed by atoms with Crippen molar-refractivity contribution in [3.05, 3.63) is 21.9 Å². The van der Waals surface area contributed by atoms with Gasteiger partial charge in [0.2, 0.25) is 0 Å². The van der Waals surface area contributed by atoms with Crippen molar-refractivity contribution in [1.29, 1.82) is 0 Å². The Morgan fingerprint density at radius 2 is 2.14 bits per heavy atom. The SMILES string of the molecule is CCCC(C)(C)NCc1sccc1C. The molecule has 0 atom stereocenters. The first-order valence-electron chi connectivity index (χ1n) is 5.33. The van der Waals surface area contributed by atoms with Gasteiger partial charge in [-0.15, -0.1) is 11.3 Å². The lowest BCUT2D eigenvalue weighted by atomic mass is 9.99. The Morgan fingerprint density at radius 1 is 1.43 bits per heavy atom. The molecule has 1 rings (SSSR count). The average molecular weight is 211 g/mol. The standard InChI is InChI=1S/C12H21NS/c1-5-7-12(3,4)13-9-11-10(2)6-8-14-11/h6,8,13H,5,7,9H2,1-4H3. The first-order chi connectivity index (χ1) is 6.55. The minimum absolute atomic E-state index is 0.269. The summed E-state index contributed by atoms with van der Waals surface area (Å²) in [7, 11) is 0. The molecule has 0 bridgehead atoms. The zero-order valence-electron chi connectivity index (χ0n) is 9.68. The molecular weight excluding hydrogens is 190 g/mol. The molecule has 0 aliphatic heterocycles. The predicted octanol–water partition coefficient (Wildman–Crippen LogP) is 3.72. The third-order valence-electron chi connectivity index (χ3n) is 2.57. The first kappa shape index (κ1) is 11.7. The van der Waals surface area contributed by atoms with Gasteiger partial charge in [-0.05, 0) is 44.2 Å². The Kier molecular flexibility index (Phi) is 4.14. The molecule has 0 radical (unpaired) electrons. The second-order valence-corrected chi connectivity index (χ2v) is 5.51. The molecule has 2 heteroatoms. The zero-order valence-corrected chi connectivity index (χ0v) is 10.5. The minimum atomic E-state index is 0.269. The molecule has 1 aromatic rings. The molecule has 14 heavy (non-hydrogen) atoms. The number of hydrogen-bond donors (Lipinski definition) is 1. The molecule has 0 fully saturated rings. The van der Waals surface area contributed by atoms with Crippen LogP contribution in [0, 0.1) is 6.92 Å². The summed E-state index contributed by atoms with van der Waals surface area (Å²) in [5.74, 6) is 0. The largest absolute Gasteiger partial charge is 0.307 e. The fraction of sp³-hybridized carbons (Fsp3) is 0.667. The normalized spacial score (nSPS) is 12.0. The average Bonchev–Trinajstić information content (AvgIpc) is 2.48. The van der Waals surface area contributed by atoms with Gasteiger partial charge in [0.05, 0.1) is 0 Å². The van der Waals surface area contributed by atoms with E-state index in [4.69, 9.17) is 0 Å². The summed E-state index contributed by atoms with van der Waals surface area (Å²) < 4.78 is 0. The molecule has 1 aromatic heterocycles. The Labute approximate surface area is 91.5 Å². The summed E-state index contributed by atoms with van der Waals surface area (Å²) in [6, 6.07) is 2.19. The molecule has 0 saturated heterocycles. The smallest absolute Gasteiger partial charge is 0.0307 e. The van der Waals surface area contributed by atoms with Crippen molar-refractivity contribution in [2.24, 2.45) is 0 Å². The van der Waals surface area contributed by atoms with Crippen LogP contribution in [0.15, 0.2) is 11.4 Å². The highest BCUT2D eigenvalue weighted by Crippen LogP contribution is 2.18. The van der Waals surface area contributed by atoms with E-state index in [1.54, 1.807) is 0 Å². The van der Waals surface area contributed by atoms with E-state index in [0.717, 1.165) is 6.54 Å². The maximum Gasteiger partial charge on any atom is 0.0307 e. The van der Waals surface area contributed by atoms with Gasteiger partial charge in [-0.25, -0.2) is 0 Å². The van der Waals surface area contributed by atoms with Crippen LogP contribution in [0.3, 0.4) is 0 Å². The van der Waals surface area contributed by atoms with E-state index in [1.807, 2.05) is 11.3 Å². The highest BCUT2D eigenvalue weighted by molar-refractivity contribution is 7.10. The van der Waals surface area contributed by atoms with Gasteiger partial charge in [0, 0.05) is 17.0 Å². The van der Waals surface area contributed by atoms with Crippen molar-refractivity contribution >= 4 is 11.3 Å². The molecule has 0 aromatic carbocycles. The number of nitrogens with one attached hydrogen (secondary N) is 1. The van der Waals surface area contributed by atoms with Gasteiger partial charge in [-0.1, -0.05) is 13.3 Å². The van der Waals surface area contributed by atoms with Crippen molar-refractivity contribution in [2.75, 3.05) is 0 Å². The molecule has 0 spiro atoms. The second kappa shape index (κ2) is 4.94. The van der Waals surface area contributed by atoms with Gasteiger partial charge in [0.1, 0.15) is 0 Å². The lowest BCUT2D eigenvalue weighted by Crippen LogP contribution is -2.38. The van der Waals surface area contributed by atoms with E-state index in [0.29, 0.717) is 0 Å². The Morgan fingerprint density at radius 3 is 2.64 bits per heavy atom. The molecule has 0 saturated carbocycles. The van der Waals surface area contributed by atoms with Gasteiger partial charge in [-0.2, -0.15) is 0 Å². The quantitative estimate of drug-likeness (QED) is 0.782. The summed E-state index contributed by atoms with van der Waals surface area (Å²) in [5, 5.41) is 5.78. The Hall–Kier alpha value is -0.340. The van der Waals surface area contributed by atoms with Gasteiger partial charge in [0.25, 0.3) is 0 Å². The third-order valence-corrected chi connectivity index (χ3v) is 3.59. The zero-order chi connectivity index (χ0) is 10.6. The highest BCUT2D eigenvalue weighted by atomic mass is 32.1. The topological polar surface area (TPSA) is 12.0 Å². The first-order valence-corrected chi connectivity index (χ1v) is 6.21. The van der Waals surface area contributed by atoms with E-state index in [-0.39, 0.29) is 5.54 Å². The van der Waals surface area contributed by atoms with Crippen molar-refractivity contribution in [2.45, 2.75) is 52.6 Å². The third kappa shape index (κ3) is 3.43. The molecule has 1 nitrogen and oxygen atoms in total. The summed E-state index contributed by atoms with van der Waals surface area (Å²) in [5.41, 5.74) is 1.68. The summed E-state index contributed by atoms with van der Waals surface area (Å²) in [6.45, 7) is 9.98. The van der Waals surface area contributed by atoms with Crippen LogP contribution in [0.2, 0.25) is 0 Å². The van der Waals surface area contributed by atoms with Gasteiger partial charge in [-0.3, -0.25) is 0 Å². The molecule has 0 unspecified atom stereocenters. The fourth-order valence-corrected chi connectivity index (χ4v) is 2.46.